The van der Waals surface area contributed by atoms with Gasteiger partial charge in [-0.15, -0.1) is 0 Å². The Hall–Kier alpha value is -3.92. The van der Waals surface area contributed by atoms with Gasteiger partial charge in [0.05, 0.1) is 24.1 Å². The fraction of sp³-hybridized carbons (Fsp3) is 0.385. The van der Waals surface area contributed by atoms with E-state index in [4.69, 9.17) is 4.74 Å². The Labute approximate surface area is 209 Å². The Kier molecular flexibility index (Phi) is 5.60. The molecule has 1 fully saturated rings. The molecular weight excluding hydrogens is 456 g/mol. The van der Waals surface area contributed by atoms with Crippen molar-refractivity contribution in [3.63, 3.8) is 0 Å². The molecule has 186 valence electrons. The summed E-state index contributed by atoms with van der Waals surface area (Å²) in [6, 6.07) is 7.90. The van der Waals surface area contributed by atoms with Gasteiger partial charge in [0.1, 0.15) is 16.9 Å². The maximum Gasteiger partial charge on any atom is 0.261 e. The van der Waals surface area contributed by atoms with Crippen LogP contribution in [0.15, 0.2) is 55.2 Å². The molecule has 0 bridgehead atoms. The Morgan fingerprint density at radius 2 is 1.89 bits per heavy atom. The minimum atomic E-state index is -0.264. The molecular formula is C26H30N8O2. The average molecular weight is 487 g/mol. The van der Waals surface area contributed by atoms with Gasteiger partial charge in [-0.2, -0.15) is 10.2 Å². The zero-order valence-corrected chi connectivity index (χ0v) is 20.6. The van der Waals surface area contributed by atoms with E-state index in [1.54, 1.807) is 29.2 Å². The molecule has 5 heterocycles. The molecule has 1 amide bonds. The van der Waals surface area contributed by atoms with Gasteiger partial charge in [-0.3, -0.25) is 14.4 Å². The fourth-order valence-electron chi connectivity index (χ4n) is 5.07. The number of nitrogens with zero attached hydrogens (tertiary/aromatic N) is 7. The topological polar surface area (TPSA) is 92.8 Å². The van der Waals surface area contributed by atoms with E-state index in [0.29, 0.717) is 11.2 Å². The molecule has 1 aromatic carbocycles. The molecule has 1 N–H and O–H groups in total. The Morgan fingerprint density at radius 3 is 2.69 bits per heavy atom. The predicted octanol–water partition coefficient (Wildman–Crippen LogP) is 2.71. The Bertz CT molecular complexity index is 1390. The summed E-state index contributed by atoms with van der Waals surface area (Å²) < 4.78 is 9.81. The van der Waals surface area contributed by atoms with Gasteiger partial charge in [0.15, 0.2) is 5.65 Å². The number of nitrogens with one attached hydrogen (secondary N) is 1. The SMILES string of the molecule is CC1(C)Cc2cc(NC(=O)c3cnn4cccnc34)c(N3CCN(CCn4cccn4)CC3)cc2O1. The van der Waals surface area contributed by atoms with Crippen LogP contribution in [0.4, 0.5) is 11.4 Å². The second kappa shape index (κ2) is 8.94. The van der Waals surface area contributed by atoms with Crippen molar-refractivity contribution in [2.45, 2.75) is 32.4 Å². The van der Waals surface area contributed by atoms with Crippen molar-refractivity contribution in [3.05, 3.63) is 66.4 Å². The predicted molar refractivity (Wildman–Crippen MR) is 137 cm³/mol. The normalized spacial score (nSPS) is 17.2. The van der Waals surface area contributed by atoms with Crippen molar-refractivity contribution in [2.75, 3.05) is 42.9 Å². The number of ether oxygens (including phenoxy) is 1. The maximum atomic E-state index is 13.3. The summed E-state index contributed by atoms with van der Waals surface area (Å²) >= 11 is 0. The molecule has 0 spiro atoms. The average Bonchev–Trinajstić information content (AvgIpc) is 3.60. The third-order valence-corrected chi connectivity index (χ3v) is 6.87. The lowest BCUT2D eigenvalue weighted by Crippen LogP contribution is -2.47. The first-order chi connectivity index (χ1) is 17.4. The monoisotopic (exact) mass is 486 g/mol. The second-order valence-corrected chi connectivity index (χ2v) is 10.0. The van der Waals surface area contributed by atoms with E-state index in [1.807, 2.05) is 23.1 Å². The minimum absolute atomic E-state index is 0.221. The van der Waals surface area contributed by atoms with Crippen LogP contribution < -0.4 is 15.0 Å². The summed E-state index contributed by atoms with van der Waals surface area (Å²) in [6.07, 6.45) is 9.62. The maximum absolute atomic E-state index is 13.3. The third-order valence-electron chi connectivity index (χ3n) is 6.87. The van der Waals surface area contributed by atoms with Gasteiger partial charge < -0.3 is 15.0 Å². The first-order valence-electron chi connectivity index (χ1n) is 12.4. The number of benzene rings is 1. The highest BCUT2D eigenvalue weighted by molar-refractivity contribution is 6.09. The molecule has 0 atom stereocenters. The second-order valence-electron chi connectivity index (χ2n) is 10.0. The summed E-state index contributed by atoms with van der Waals surface area (Å²) in [5, 5.41) is 11.7. The summed E-state index contributed by atoms with van der Waals surface area (Å²) in [6.45, 7) is 9.63. The van der Waals surface area contributed by atoms with E-state index >= 15 is 0 Å². The number of hydrogen-bond donors (Lipinski definition) is 1. The van der Waals surface area contributed by atoms with Gasteiger partial charge in [-0.25, -0.2) is 9.50 Å². The molecule has 3 aromatic heterocycles. The van der Waals surface area contributed by atoms with Crippen LogP contribution in [0.2, 0.25) is 0 Å². The van der Waals surface area contributed by atoms with Crippen molar-refractivity contribution < 1.29 is 9.53 Å². The zero-order chi connectivity index (χ0) is 24.7. The van der Waals surface area contributed by atoms with Crippen LogP contribution in [0, 0.1) is 0 Å². The van der Waals surface area contributed by atoms with Crippen molar-refractivity contribution >= 4 is 22.9 Å². The summed E-state index contributed by atoms with van der Waals surface area (Å²) in [5.41, 5.74) is 3.60. The number of aromatic nitrogens is 5. The number of piperazine rings is 1. The smallest absolute Gasteiger partial charge is 0.261 e. The molecule has 0 unspecified atom stereocenters. The highest BCUT2D eigenvalue weighted by Gasteiger charge is 2.32. The number of carbonyl (C=O) groups is 1. The van der Waals surface area contributed by atoms with Crippen molar-refractivity contribution in [1.29, 1.82) is 0 Å². The van der Waals surface area contributed by atoms with Gasteiger partial charge in [0.25, 0.3) is 5.91 Å². The summed E-state index contributed by atoms with van der Waals surface area (Å²) in [7, 11) is 0. The molecule has 10 nitrogen and oxygen atoms in total. The number of anilines is 2. The van der Waals surface area contributed by atoms with Gasteiger partial charge in [-0.1, -0.05) is 0 Å². The lowest BCUT2D eigenvalue weighted by molar-refractivity contribution is 0.102. The summed E-state index contributed by atoms with van der Waals surface area (Å²) in [5.74, 6) is 0.674. The van der Waals surface area contributed by atoms with Gasteiger partial charge in [0.2, 0.25) is 0 Å². The van der Waals surface area contributed by atoms with Crippen LogP contribution in [0.1, 0.15) is 29.8 Å². The molecule has 36 heavy (non-hydrogen) atoms. The lowest BCUT2D eigenvalue weighted by atomic mass is 10.0. The van der Waals surface area contributed by atoms with Crippen LogP contribution in [-0.2, 0) is 13.0 Å². The van der Waals surface area contributed by atoms with Crippen molar-refractivity contribution in [2.24, 2.45) is 0 Å². The molecule has 2 aliphatic rings. The largest absolute Gasteiger partial charge is 0.487 e. The van der Waals surface area contributed by atoms with E-state index in [-0.39, 0.29) is 11.5 Å². The number of amides is 1. The van der Waals surface area contributed by atoms with Gasteiger partial charge in [0, 0.05) is 75.6 Å². The number of carbonyl (C=O) groups excluding carboxylic acids is 1. The fourth-order valence-corrected chi connectivity index (χ4v) is 5.07. The first kappa shape index (κ1) is 22.5. The van der Waals surface area contributed by atoms with E-state index in [0.717, 1.165) is 68.4 Å². The third kappa shape index (κ3) is 4.39. The lowest BCUT2D eigenvalue weighted by Gasteiger charge is -2.37. The van der Waals surface area contributed by atoms with Crippen LogP contribution in [-0.4, -0.2) is 73.5 Å². The number of hydrogen-bond acceptors (Lipinski definition) is 7. The van der Waals surface area contributed by atoms with Crippen molar-refractivity contribution in [3.8, 4) is 5.75 Å². The Balaban J connectivity index is 1.23. The first-order valence-corrected chi connectivity index (χ1v) is 12.4. The molecule has 10 heteroatoms. The van der Waals surface area contributed by atoms with Crippen LogP contribution >= 0.6 is 0 Å². The zero-order valence-electron chi connectivity index (χ0n) is 20.6. The van der Waals surface area contributed by atoms with E-state index < -0.39 is 0 Å². The quantitative estimate of drug-likeness (QED) is 0.448. The molecule has 6 rings (SSSR count). The highest BCUT2D eigenvalue weighted by Crippen LogP contribution is 2.42. The molecule has 4 aromatic rings. The highest BCUT2D eigenvalue weighted by atomic mass is 16.5. The minimum Gasteiger partial charge on any atom is -0.487 e. The molecule has 1 saturated heterocycles. The van der Waals surface area contributed by atoms with E-state index in [1.165, 1.54) is 0 Å². The van der Waals surface area contributed by atoms with Gasteiger partial charge in [-0.05, 0) is 32.0 Å². The molecule has 0 saturated carbocycles. The number of rotatable bonds is 6. The van der Waals surface area contributed by atoms with Gasteiger partial charge >= 0.3 is 0 Å². The molecule has 2 aliphatic heterocycles. The summed E-state index contributed by atoms with van der Waals surface area (Å²) in [4.78, 5) is 22.5. The Morgan fingerprint density at radius 1 is 1.06 bits per heavy atom. The van der Waals surface area contributed by atoms with Crippen LogP contribution in [0.3, 0.4) is 0 Å². The van der Waals surface area contributed by atoms with Crippen LogP contribution in [0.5, 0.6) is 5.75 Å². The van der Waals surface area contributed by atoms with E-state index in [9.17, 15) is 4.79 Å². The number of fused-ring (bicyclic) bond motifs is 2. The van der Waals surface area contributed by atoms with E-state index in [2.05, 4.69) is 56.3 Å². The molecule has 0 radical (unpaired) electrons. The molecule has 0 aliphatic carbocycles. The standard InChI is InChI=1S/C26H30N8O2/c1-26(2)17-19-15-21(30-25(35)20-18-29-34-8-3-5-27-24(20)34)22(16-23(19)36-26)32-12-9-31(10-13-32)11-14-33-7-4-6-28-33/h3-8,15-16,18H,9-14,17H2,1-2H3,(H,30,35). The van der Waals surface area contributed by atoms with Crippen molar-refractivity contribution in [1.82, 2.24) is 29.3 Å². The van der Waals surface area contributed by atoms with Crippen LogP contribution in [0.25, 0.3) is 5.65 Å².